The SMILES string of the molecule is CC(CC(C)(N)C#N)N1CCOC2CCCC21. The molecule has 0 aromatic carbocycles. The Kier molecular flexibility index (Phi) is 3.72. The van der Waals surface area contributed by atoms with Crippen LogP contribution in [0.4, 0.5) is 0 Å². The highest BCUT2D eigenvalue weighted by Crippen LogP contribution is 2.32. The highest BCUT2D eigenvalue weighted by Gasteiger charge is 2.39. The second kappa shape index (κ2) is 4.93. The lowest BCUT2D eigenvalue weighted by molar-refractivity contribution is -0.0715. The van der Waals surface area contributed by atoms with E-state index in [1.165, 1.54) is 19.3 Å². The van der Waals surface area contributed by atoms with Gasteiger partial charge in [-0.05, 0) is 39.5 Å². The van der Waals surface area contributed by atoms with Crippen LogP contribution in [0.2, 0.25) is 0 Å². The number of hydrogen-bond acceptors (Lipinski definition) is 4. The van der Waals surface area contributed by atoms with Crippen molar-refractivity contribution in [1.29, 1.82) is 5.26 Å². The molecule has 0 amide bonds. The summed E-state index contributed by atoms with van der Waals surface area (Å²) in [6.07, 6.45) is 4.82. The Bertz CT molecular complexity index is 310. The van der Waals surface area contributed by atoms with Crippen molar-refractivity contribution in [2.24, 2.45) is 5.73 Å². The molecule has 0 aromatic heterocycles. The van der Waals surface area contributed by atoms with Crippen molar-refractivity contribution in [3.05, 3.63) is 0 Å². The molecule has 0 bridgehead atoms. The van der Waals surface area contributed by atoms with Gasteiger partial charge in [-0.2, -0.15) is 5.26 Å². The zero-order valence-electron chi connectivity index (χ0n) is 10.9. The van der Waals surface area contributed by atoms with Gasteiger partial charge in [-0.15, -0.1) is 0 Å². The minimum absolute atomic E-state index is 0.360. The lowest BCUT2D eigenvalue weighted by Crippen LogP contribution is -2.54. The number of rotatable bonds is 3. The number of morpholine rings is 1. The molecule has 1 saturated heterocycles. The molecule has 4 heteroatoms. The first-order valence-corrected chi connectivity index (χ1v) is 6.61. The predicted molar refractivity (Wildman–Crippen MR) is 66.4 cm³/mol. The van der Waals surface area contributed by atoms with Gasteiger partial charge in [0.25, 0.3) is 0 Å². The molecule has 1 aliphatic heterocycles. The van der Waals surface area contributed by atoms with Crippen LogP contribution >= 0.6 is 0 Å². The zero-order valence-corrected chi connectivity index (χ0v) is 10.9. The maximum absolute atomic E-state index is 9.01. The van der Waals surface area contributed by atoms with Crippen molar-refractivity contribution in [2.75, 3.05) is 13.2 Å². The van der Waals surface area contributed by atoms with Gasteiger partial charge in [-0.3, -0.25) is 4.90 Å². The van der Waals surface area contributed by atoms with E-state index in [0.717, 1.165) is 19.6 Å². The van der Waals surface area contributed by atoms with Crippen LogP contribution < -0.4 is 5.73 Å². The van der Waals surface area contributed by atoms with Gasteiger partial charge in [0.15, 0.2) is 0 Å². The minimum Gasteiger partial charge on any atom is -0.375 e. The van der Waals surface area contributed by atoms with Crippen molar-refractivity contribution >= 4 is 0 Å². The molecular formula is C13H23N3O. The summed E-state index contributed by atoms with van der Waals surface area (Å²) >= 11 is 0. The molecule has 1 saturated carbocycles. The van der Waals surface area contributed by atoms with Crippen molar-refractivity contribution in [3.63, 3.8) is 0 Å². The molecule has 4 atom stereocenters. The van der Waals surface area contributed by atoms with Gasteiger partial charge in [0, 0.05) is 18.6 Å². The van der Waals surface area contributed by atoms with Gasteiger partial charge in [-0.1, -0.05) is 0 Å². The van der Waals surface area contributed by atoms with E-state index in [9.17, 15) is 0 Å². The third-order valence-electron chi connectivity index (χ3n) is 4.07. The lowest BCUT2D eigenvalue weighted by atomic mass is 9.94. The molecule has 2 N–H and O–H groups in total. The maximum Gasteiger partial charge on any atom is 0.102 e. The number of ether oxygens (including phenoxy) is 1. The van der Waals surface area contributed by atoms with Crippen molar-refractivity contribution in [3.8, 4) is 6.07 Å². The number of nitriles is 1. The predicted octanol–water partition coefficient (Wildman–Crippen LogP) is 1.26. The average molecular weight is 237 g/mol. The highest BCUT2D eigenvalue weighted by molar-refractivity contribution is 5.04. The van der Waals surface area contributed by atoms with Crippen molar-refractivity contribution in [1.82, 2.24) is 4.90 Å². The van der Waals surface area contributed by atoms with E-state index >= 15 is 0 Å². The summed E-state index contributed by atoms with van der Waals surface area (Å²) in [6.45, 7) is 5.79. The van der Waals surface area contributed by atoms with Gasteiger partial charge < -0.3 is 10.5 Å². The van der Waals surface area contributed by atoms with Crippen molar-refractivity contribution in [2.45, 2.75) is 63.3 Å². The Morgan fingerprint density at radius 2 is 2.35 bits per heavy atom. The van der Waals surface area contributed by atoms with Crippen LogP contribution in [0.3, 0.4) is 0 Å². The Balaban J connectivity index is 1.99. The molecule has 1 aliphatic carbocycles. The Hall–Kier alpha value is -0.630. The van der Waals surface area contributed by atoms with Gasteiger partial charge in [0.05, 0.1) is 18.8 Å². The van der Waals surface area contributed by atoms with Crippen LogP contribution in [-0.4, -0.2) is 41.8 Å². The van der Waals surface area contributed by atoms with Crippen LogP contribution in [-0.2, 0) is 4.74 Å². The number of fused-ring (bicyclic) bond motifs is 1. The third-order valence-corrected chi connectivity index (χ3v) is 4.07. The van der Waals surface area contributed by atoms with Gasteiger partial charge in [0.2, 0.25) is 0 Å². The zero-order chi connectivity index (χ0) is 12.5. The Morgan fingerprint density at radius 3 is 3.06 bits per heavy atom. The van der Waals surface area contributed by atoms with Crippen LogP contribution in [0.25, 0.3) is 0 Å². The fourth-order valence-electron chi connectivity index (χ4n) is 3.28. The first-order chi connectivity index (χ1) is 8.03. The van der Waals surface area contributed by atoms with E-state index < -0.39 is 5.54 Å². The average Bonchev–Trinajstić information content (AvgIpc) is 2.76. The molecule has 0 spiro atoms. The molecule has 1 heterocycles. The van der Waals surface area contributed by atoms with Crippen LogP contribution in [0.15, 0.2) is 0 Å². The fraction of sp³-hybridized carbons (Fsp3) is 0.923. The van der Waals surface area contributed by atoms with Crippen molar-refractivity contribution < 1.29 is 4.74 Å². The normalized spacial score (nSPS) is 34.7. The molecule has 4 unspecified atom stereocenters. The molecule has 0 aromatic rings. The number of nitrogens with zero attached hydrogens (tertiary/aromatic N) is 2. The largest absolute Gasteiger partial charge is 0.375 e. The highest BCUT2D eigenvalue weighted by atomic mass is 16.5. The summed E-state index contributed by atoms with van der Waals surface area (Å²) in [7, 11) is 0. The lowest BCUT2D eigenvalue weighted by Gasteiger charge is -2.42. The van der Waals surface area contributed by atoms with Gasteiger partial charge in [-0.25, -0.2) is 0 Å². The Morgan fingerprint density at radius 1 is 1.59 bits per heavy atom. The standard InChI is InChI=1S/C13H23N3O/c1-10(8-13(2,15)9-14)16-6-7-17-12-5-3-4-11(12)16/h10-12H,3-8,15H2,1-2H3. The second-order valence-electron chi connectivity index (χ2n) is 5.73. The minimum atomic E-state index is -0.716. The molecule has 17 heavy (non-hydrogen) atoms. The summed E-state index contributed by atoms with van der Waals surface area (Å²) in [6, 6.07) is 3.10. The summed E-state index contributed by atoms with van der Waals surface area (Å²) in [5.41, 5.74) is 5.23. The summed E-state index contributed by atoms with van der Waals surface area (Å²) < 4.78 is 5.80. The van der Waals surface area contributed by atoms with Gasteiger partial charge >= 0.3 is 0 Å². The molecule has 96 valence electrons. The molecule has 2 aliphatic rings. The molecule has 4 nitrogen and oxygen atoms in total. The second-order valence-corrected chi connectivity index (χ2v) is 5.73. The smallest absolute Gasteiger partial charge is 0.102 e. The van der Waals surface area contributed by atoms with E-state index in [1.807, 2.05) is 6.92 Å². The maximum atomic E-state index is 9.01. The molecule has 2 fully saturated rings. The monoisotopic (exact) mass is 237 g/mol. The Labute approximate surface area is 104 Å². The van der Waals surface area contributed by atoms with E-state index in [-0.39, 0.29) is 0 Å². The third kappa shape index (κ3) is 2.79. The summed E-state index contributed by atoms with van der Waals surface area (Å²) in [4.78, 5) is 2.50. The molecular weight excluding hydrogens is 214 g/mol. The van der Waals surface area contributed by atoms with Gasteiger partial charge in [0.1, 0.15) is 5.54 Å². The number of hydrogen-bond donors (Lipinski definition) is 1. The quantitative estimate of drug-likeness (QED) is 0.802. The first-order valence-electron chi connectivity index (χ1n) is 6.61. The van der Waals surface area contributed by atoms with E-state index in [2.05, 4.69) is 17.9 Å². The molecule has 0 radical (unpaired) electrons. The summed E-state index contributed by atoms with van der Waals surface area (Å²) in [5, 5.41) is 9.01. The van der Waals surface area contributed by atoms with E-state index in [4.69, 9.17) is 15.7 Å². The fourth-order valence-corrected chi connectivity index (χ4v) is 3.28. The number of nitrogens with two attached hydrogens (primary N) is 1. The van der Waals surface area contributed by atoms with Crippen LogP contribution in [0.5, 0.6) is 0 Å². The topological polar surface area (TPSA) is 62.3 Å². The van der Waals surface area contributed by atoms with Crippen LogP contribution in [0, 0.1) is 11.3 Å². The summed E-state index contributed by atoms with van der Waals surface area (Å²) in [5.74, 6) is 0. The van der Waals surface area contributed by atoms with E-state index in [1.54, 1.807) is 0 Å². The van der Waals surface area contributed by atoms with E-state index in [0.29, 0.717) is 18.2 Å². The molecule has 2 rings (SSSR count). The van der Waals surface area contributed by atoms with Crippen LogP contribution in [0.1, 0.15) is 39.5 Å². The first kappa shape index (κ1) is 12.8.